The molecule has 0 aromatic rings. The third-order valence-corrected chi connectivity index (χ3v) is 18.6. The number of phosphoric acid groups is 2. The van der Waals surface area contributed by atoms with Gasteiger partial charge in [-0.25, -0.2) is 9.13 Å². The molecule has 17 nitrogen and oxygen atoms in total. The SMILES string of the molecule is CCC(C)CCCCCCCCCCCCCCCCC(=O)O[C@H](COC(=O)CCCCCCCCCCC(C)C)COP(=O)(O)OCC(O)COP(=O)(O)OC[C@@H](COC(=O)CCCCCCCCCC(C)C)OC(=O)CCCCCCCCCCC(C)C. The van der Waals surface area contributed by atoms with Gasteiger partial charge < -0.3 is 33.8 Å². The molecule has 0 aliphatic rings. The maximum Gasteiger partial charge on any atom is 0.472 e. The summed E-state index contributed by atoms with van der Waals surface area (Å²) >= 11 is 0. The molecule has 0 saturated carbocycles. The molecule has 0 saturated heterocycles. The molecule has 0 spiro atoms. The van der Waals surface area contributed by atoms with Crippen LogP contribution in [0.1, 0.15) is 351 Å². The predicted molar refractivity (Wildman–Crippen MR) is 363 cm³/mol. The average Bonchev–Trinajstić information content (AvgIpc) is 2.51. The highest BCUT2D eigenvalue weighted by Gasteiger charge is 2.30. The number of esters is 4. The Labute approximate surface area is 549 Å². The fourth-order valence-corrected chi connectivity index (χ4v) is 12.2. The molecule has 0 rings (SSSR count). The quantitative estimate of drug-likeness (QED) is 0.0222. The van der Waals surface area contributed by atoms with Crippen molar-refractivity contribution in [3.8, 4) is 0 Å². The molecule has 4 unspecified atom stereocenters. The van der Waals surface area contributed by atoms with Gasteiger partial charge in [0.25, 0.3) is 0 Å². The minimum absolute atomic E-state index is 0.103. The summed E-state index contributed by atoms with van der Waals surface area (Å²) in [6, 6.07) is 0. The van der Waals surface area contributed by atoms with Crippen LogP contribution < -0.4 is 0 Å². The number of carbonyl (C=O) groups is 4. The van der Waals surface area contributed by atoms with Crippen LogP contribution in [-0.4, -0.2) is 96.7 Å². The van der Waals surface area contributed by atoms with E-state index in [4.69, 9.17) is 37.0 Å². The topological polar surface area (TPSA) is 237 Å². The van der Waals surface area contributed by atoms with Gasteiger partial charge in [0.1, 0.15) is 19.3 Å². The summed E-state index contributed by atoms with van der Waals surface area (Å²) in [4.78, 5) is 72.5. The Hall–Kier alpha value is -1.94. The number of hydrogen-bond donors (Lipinski definition) is 3. The predicted octanol–water partition coefficient (Wildman–Crippen LogP) is 20.1. The molecule has 0 fully saturated rings. The van der Waals surface area contributed by atoms with Crippen molar-refractivity contribution < 1.29 is 80.2 Å². The third-order valence-electron chi connectivity index (χ3n) is 16.7. The van der Waals surface area contributed by atoms with Crippen molar-refractivity contribution in [3.63, 3.8) is 0 Å². The van der Waals surface area contributed by atoms with Crippen molar-refractivity contribution in [1.82, 2.24) is 0 Å². The molecule has 0 bridgehead atoms. The summed E-state index contributed by atoms with van der Waals surface area (Å²) in [7, 11) is -9.90. The van der Waals surface area contributed by atoms with Gasteiger partial charge in [-0.3, -0.25) is 37.3 Å². The van der Waals surface area contributed by atoms with Gasteiger partial charge in [-0.1, -0.05) is 299 Å². The Balaban J connectivity index is 5.23. The van der Waals surface area contributed by atoms with E-state index in [1.54, 1.807) is 0 Å². The molecule has 0 radical (unpaired) electrons. The van der Waals surface area contributed by atoms with Crippen LogP contribution in [0.3, 0.4) is 0 Å². The maximum absolute atomic E-state index is 13.0. The highest BCUT2D eigenvalue weighted by Crippen LogP contribution is 2.45. The third kappa shape index (κ3) is 63.5. The number of ether oxygens (including phenoxy) is 4. The van der Waals surface area contributed by atoms with E-state index in [1.807, 2.05) is 0 Å². The number of rotatable bonds is 68. The van der Waals surface area contributed by atoms with Gasteiger partial charge in [0.15, 0.2) is 12.2 Å². The van der Waals surface area contributed by atoms with Crippen molar-refractivity contribution >= 4 is 39.5 Å². The second-order valence-electron chi connectivity index (χ2n) is 27.3. The standard InChI is InChI=1S/C71H138O17P2/c1-9-64(8)50-42-34-26-16-14-12-10-11-13-15-17-28-37-45-53-70(75)87-66(57-81-68(73)51-43-35-27-20-18-23-31-39-47-61(2)3)59-85-89(77,78)83-55-65(72)56-84-90(79,80)86-60-67(58-82-69(74)52-44-36-30-22-25-33-41-49-63(6)7)88-71(76)54-46-38-29-21-19-24-32-40-48-62(4)5/h61-67,72H,9-60H2,1-8H3,(H,77,78)(H,79,80)/t64?,65?,66-,67-/m1/s1. The molecule has 0 aliphatic heterocycles. The maximum atomic E-state index is 13.0. The number of aliphatic hydroxyl groups is 1. The van der Waals surface area contributed by atoms with E-state index < -0.39 is 97.5 Å². The van der Waals surface area contributed by atoms with E-state index in [2.05, 4.69) is 55.4 Å². The molecular weight excluding hydrogens is 1190 g/mol. The Kier molecular flexibility index (Phi) is 59.4. The molecular formula is C71H138O17P2. The van der Waals surface area contributed by atoms with Crippen molar-refractivity contribution in [2.45, 2.75) is 369 Å². The second kappa shape index (κ2) is 60.7. The van der Waals surface area contributed by atoms with Gasteiger partial charge in [0.2, 0.25) is 0 Å². The van der Waals surface area contributed by atoms with E-state index in [0.29, 0.717) is 31.6 Å². The van der Waals surface area contributed by atoms with Crippen molar-refractivity contribution in [2.24, 2.45) is 23.7 Å². The van der Waals surface area contributed by atoms with Gasteiger partial charge in [-0.05, 0) is 49.4 Å². The molecule has 534 valence electrons. The lowest BCUT2D eigenvalue weighted by atomic mass is 9.99. The lowest BCUT2D eigenvalue weighted by Gasteiger charge is -2.21. The van der Waals surface area contributed by atoms with E-state index in [1.165, 1.54) is 148 Å². The first-order valence-electron chi connectivity index (χ1n) is 36.7. The lowest BCUT2D eigenvalue weighted by molar-refractivity contribution is -0.161. The van der Waals surface area contributed by atoms with Crippen molar-refractivity contribution in [1.29, 1.82) is 0 Å². The smallest absolute Gasteiger partial charge is 0.462 e. The molecule has 0 heterocycles. The zero-order valence-electron chi connectivity index (χ0n) is 58.8. The van der Waals surface area contributed by atoms with Crippen LogP contribution in [0.5, 0.6) is 0 Å². The Morgan fingerprint density at radius 3 is 0.789 bits per heavy atom. The molecule has 19 heteroatoms. The van der Waals surface area contributed by atoms with Crippen molar-refractivity contribution in [3.05, 3.63) is 0 Å². The number of hydrogen-bond acceptors (Lipinski definition) is 15. The van der Waals surface area contributed by atoms with Gasteiger partial charge >= 0.3 is 39.5 Å². The largest absolute Gasteiger partial charge is 0.472 e. The average molecular weight is 1330 g/mol. The van der Waals surface area contributed by atoms with Crippen LogP contribution in [-0.2, 0) is 65.4 Å². The lowest BCUT2D eigenvalue weighted by Crippen LogP contribution is -2.30. The van der Waals surface area contributed by atoms with E-state index in [0.717, 1.165) is 114 Å². The summed E-state index contributed by atoms with van der Waals surface area (Å²) in [5.41, 5.74) is 0. The van der Waals surface area contributed by atoms with Crippen LogP contribution in [0.2, 0.25) is 0 Å². The van der Waals surface area contributed by atoms with Crippen molar-refractivity contribution in [2.75, 3.05) is 39.6 Å². The normalized spacial score (nSPS) is 14.6. The van der Waals surface area contributed by atoms with Crippen LogP contribution in [0.4, 0.5) is 0 Å². The Morgan fingerprint density at radius 1 is 0.311 bits per heavy atom. The first-order chi connectivity index (χ1) is 43.1. The fraction of sp³-hybridized carbons (Fsp3) is 0.944. The minimum atomic E-state index is -4.95. The number of carbonyl (C=O) groups excluding carboxylic acids is 4. The molecule has 90 heavy (non-hydrogen) atoms. The second-order valence-corrected chi connectivity index (χ2v) is 30.2. The summed E-state index contributed by atoms with van der Waals surface area (Å²) in [5.74, 6) is 0.865. The summed E-state index contributed by atoms with van der Waals surface area (Å²) in [6.45, 7) is 14.1. The summed E-state index contributed by atoms with van der Waals surface area (Å²) in [5, 5.41) is 10.6. The number of phosphoric ester groups is 2. The Bertz CT molecular complexity index is 1780. The minimum Gasteiger partial charge on any atom is -0.462 e. The molecule has 6 atom stereocenters. The van der Waals surface area contributed by atoms with Crippen LogP contribution in [0.15, 0.2) is 0 Å². The van der Waals surface area contributed by atoms with Crippen LogP contribution >= 0.6 is 15.6 Å². The highest BCUT2D eigenvalue weighted by atomic mass is 31.2. The molecule has 3 N–H and O–H groups in total. The summed E-state index contributed by atoms with van der Waals surface area (Å²) in [6.07, 6.45) is 43.2. The van der Waals surface area contributed by atoms with Gasteiger partial charge in [0.05, 0.1) is 26.4 Å². The fourth-order valence-electron chi connectivity index (χ4n) is 10.6. The zero-order chi connectivity index (χ0) is 66.8. The van der Waals surface area contributed by atoms with E-state index >= 15 is 0 Å². The van der Waals surface area contributed by atoms with Gasteiger partial charge in [-0.2, -0.15) is 0 Å². The first kappa shape index (κ1) is 88.1. The summed E-state index contributed by atoms with van der Waals surface area (Å²) < 4.78 is 68.3. The molecule has 0 aromatic carbocycles. The molecule has 0 amide bonds. The molecule has 0 aliphatic carbocycles. The monoisotopic (exact) mass is 1320 g/mol. The zero-order valence-corrected chi connectivity index (χ0v) is 60.6. The number of unbranched alkanes of at least 4 members (excludes halogenated alkanes) is 33. The van der Waals surface area contributed by atoms with E-state index in [-0.39, 0.29) is 25.7 Å². The first-order valence-corrected chi connectivity index (χ1v) is 39.7. The van der Waals surface area contributed by atoms with Crippen LogP contribution in [0.25, 0.3) is 0 Å². The van der Waals surface area contributed by atoms with Gasteiger partial charge in [0, 0.05) is 25.7 Å². The van der Waals surface area contributed by atoms with E-state index in [9.17, 15) is 43.2 Å². The molecule has 0 aromatic heterocycles. The highest BCUT2D eigenvalue weighted by molar-refractivity contribution is 7.47. The van der Waals surface area contributed by atoms with Crippen LogP contribution in [0, 0.1) is 23.7 Å². The number of aliphatic hydroxyl groups excluding tert-OH is 1. The Morgan fingerprint density at radius 2 is 0.533 bits per heavy atom. The van der Waals surface area contributed by atoms with Gasteiger partial charge in [-0.15, -0.1) is 0 Å².